The SMILES string of the molecule is Cc1ncsc1CCNC(=O)c1nc2ccccc2[nH]c1=O. The molecule has 0 bridgehead atoms. The van der Waals surface area contributed by atoms with Crippen LogP contribution in [-0.4, -0.2) is 27.4 Å². The lowest BCUT2D eigenvalue weighted by Gasteiger charge is -2.04. The van der Waals surface area contributed by atoms with Gasteiger partial charge in [0, 0.05) is 17.8 Å². The number of carbonyl (C=O) groups excluding carboxylic acids is 1. The Labute approximate surface area is 130 Å². The van der Waals surface area contributed by atoms with Crippen LogP contribution >= 0.6 is 11.3 Å². The van der Waals surface area contributed by atoms with Gasteiger partial charge in [-0.05, 0) is 19.1 Å². The van der Waals surface area contributed by atoms with Gasteiger partial charge >= 0.3 is 0 Å². The molecule has 0 spiro atoms. The summed E-state index contributed by atoms with van der Waals surface area (Å²) in [4.78, 5) is 36.1. The van der Waals surface area contributed by atoms with Crippen molar-refractivity contribution in [3.05, 3.63) is 56.4 Å². The third-order valence-electron chi connectivity index (χ3n) is 3.30. The number of para-hydroxylation sites is 2. The first kappa shape index (κ1) is 14.4. The summed E-state index contributed by atoms with van der Waals surface area (Å²) in [6, 6.07) is 7.11. The fourth-order valence-corrected chi connectivity index (χ4v) is 2.90. The number of nitrogens with one attached hydrogen (secondary N) is 2. The van der Waals surface area contributed by atoms with Gasteiger partial charge in [-0.25, -0.2) is 9.97 Å². The minimum atomic E-state index is -0.481. The summed E-state index contributed by atoms with van der Waals surface area (Å²) in [6.07, 6.45) is 0.688. The van der Waals surface area contributed by atoms with Crippen LogP contribution in [0.3, 0.4) is 0 Å². The molecule has 2 N–H and O–H groups in total. The molecule has 1 aromatic carbocycles. The van der Waals surface area contributed by atoms with Crippen molar-refractivity contribution in [3.8, 4) is 0 Å². The van der Waals surface area contributed by atoms with Crippen molar-refractivity contribution in [2.75, 3.05) is 6.54 Å². The van der Waals surface area contributed by atoms with Crippen LogP contribution in [0.25, 0.3) is 11.0 Å². The highest BCUT2D eigenvalue weighted by molar-refractivity contribution is 7.09. The Balaban J connectivity index is 1.73. The molecule has 3 rings (SSSR count). The summed E-state index contributed by atoms with van der Waals surface area (Å²) in [5.41, 5.74) is 3.36. The molecule has 0 unspecified atom stereocenters. The first-order chi connectivity index (χ1) is 10.6. The smallest absolute Gasteiger partial charge is 0.280 e. The van der Waals surface area contributed by atoms with E-state index in [1.165, 1.54) is 0 Å². The van der Waals surface area contributed by atoms with Gasteiger partial charge in [0.25, 0.3) is 11.5 Å². The van der Waals surface area contributed by atoms with E-state index in [4.69, 9.17) is 0 Å². The van der Waals surface area contributed by atoms with Crippen molar-refractivity contribution in [3.63, 3.8) is 0 Å². The number of thiazole rings is 1. The van der Waals surface area contributed by atoms with Gasteiger partial charge in [-0.2, -0.15) is 0 Å². The minimum absolute atomic E-state index is 0.111. The predicted molar refractivity (Wildman–Crippen MR) is 85.3 cm³/mol. The largest absolute Gasteiger partial charge is 0.350 e. The Bertz CT molecular complexity index is 884. The third kappa shape index (κ3) is 2.89. The fraction of sp³-hybridized carbons (Fsp3) is 0.200. The number of amides is 1. The van der Waals surface area contributed by atoms with Gasteiger partial charge in [-0.3, -0.25) is 9.59 Å². The lowest BCUT2D eigenvalue weighted by molar-refractivity contribution is 0.0948. The molecular weight excluding hydrogens is 300 g/mol. The van der Waals surface area contributed by atoms with Gasteiger partial charge in [-0.1, -0.05) is 12.1 Å². The molecule has 0 radical (unpaired) electrons. The standard InChI is InChI=1S/C15H14N4O2S/c1-9-12(22-8-17-9)6-7-16-14(20)13-15(21)19-11-5-3-2-4-10(11)18-13/h2-5,8H,6-7H2,1H3,(H,16,20)(H,19,21). The molecule has 6 nitrogen and oxygen atoms in total. The van der Waals surface area contributed by atoms with Crippen LogP contribution in [0.15, 0.2) is 34.6 Å². The quantitative estimate of drug-likeness (QED) is 0.766. The van der Waals surface area contributed by atoms with Crippen LogP contribution in [0, 0.1) is 6.92 Å². The molecule has 0 aliphatic rings. The Hall–Kier alpha value is -2.54. The Morgan fingerprint density at radius 3 is 2.95 bits per heavy atom. The fourth-order valence-electron chi connectivity index (χ4n) is 2.12. The number of rotatable bonds is 4. The summed E-state index contributed by atoms with van der Waals surface area (Å²) in [5.74, 6) is -0.464. The van der Waals surface area contributed by atoms with Crippen LogP contribution in [0.1, 0.15) is 21.1 Å². The molecule has 0 saturated carbocycles. The van der Waals surface area contributed by atoms with Crippen LogP contribution in [0.2, 0.25) is 0 Å². The van der Waals surface area contributed by atoms with E-state index in [9.17, 15) is 9.59 Å². The zero-order valence-electron chi connectivity index (χ0n) is 11.9. The molecule has 112 valence electrons. The monoisotopic (exact) mass is 314 g/mol. The first-order valence-corrected chi connectivity index (χ1v) is 7.69. The van der Waals surface area contributed by atoms with Crippen LogP contribution < -0.4 is 10.9 Å². The average molecular weight is 314 g/mol. The summed E-state index contributed by atoms with van der Waals surface area (Å²) < 4.78 is 0. The summed E-state index contributed by atoms with van der Waals surface area (Å²) >= 11 is 1.56. The van der Waals surface area contributed by atoms with Gasteiger partial charge in [0.1, 0.15) is 0 Å². The van der Waals surface area contributed by atoms with Crippen molar-refractivity contribution >= 4 is 28.3 Å². The molecule has 2 heterocycles. The number of nitrogens with zero attached hydrogens (tertiary/aromatic N) is 2. The second-order valence-corrected chi connectivity index (χ2v) is 5.74. The van der Waals surface area contributed by atoms with E-state index in [2.05, 4.69) is 20.3 Å². The van der Waals surface area contributed by atoms with Crippen LogP contribution in [0.4, 0.5) is 0 Å². The van der Waals surface area contributed by atoms with Gasteiger partial charge in [0.05, 0.1) is 22.2 Å². The lowest BCUT2D eigenvalue weighted by atomic mass is 10.2. The Kier molecular flexibility index (Phi) is 3.97. The maximum atomic E-state index is 12.1. The van der Waals surface area contributed by atoms with Gasteiger partial charge in [0.2, 0.25) is 0 Å². The van der Waals surface area contributed by atoms with Gasteiger partial charge in [0.15, 0.2) is 5.69 Å². The number of aromatic nitrogens is 3. The highest BCUT2D eigenvalue weighted by atomic mass is 32.1. The van der Waals surface area contributed by atoms with Crippen molar-refractivity contribution in [1.82, 2.24) is 20.3 Å². The van der Waals surface area contributed by atoms with E-state index < -0.39 is 11.5 Å². The maximum absolute atomic E-state index is 12.1. The number of H-pyrrole nitrogens is 1. The summed E-state index contributed by atoms with van der Waals surface area (Å²) in [7, 11) is 0. The molecule has 0 aliphatic heterocycles. The highest BCUT2D eigenvalue weighted by Crippen LogP contribution is 2.12. The zero-order chi connectivity index (χ0) is 15.5. The molecule has 22 heavy (non-hydrogen) atoms. The number of hydrogen-bond acceptors (Lipinski definition) is 5. The second kappa shape index (κ2) is 6.07. The van der Waals surface area contributed by atoms with Crippen molar-refractivity contribution in [2.24, 2.45) is 0 Å². The number of benzene rings is 1. The van der Waals surface area contributed by atoms with Gasteiger partial charge < -0.3 is 10.3 Å². The minimum Gasteiger partial charge on any atom is -0.350 e. The molecule has 2 aromatic heterocycles. The van der Waals surface area contributed by atoms with Crippen LogP contribution in [0.5, 0.6) is 0 Å². The van der Waals surface area contributed by atoms with Crippen LogP contribution in [-0.2, 0) is 6.42 Å². The van der Waals surface area contributed by atoms with E-state index in [1.807, 2.05) is 13.0 Å². The normalized spacial score (nSPS) is 10.8. The molecule has 0 atom stereocenters. The highest BCUT2D eigenvalue weighted by Gasteiger charge is 2.13. The van der Waals surface area contributed by atoms with E-state index in [0.717, 1.165) is 10.6 Å². The average Bonchev–Trinajstić information content (AvgIpc) is 2.92. The van der Waals surface area contributed by atoms with E-state index in [1.54, 1.807) is 35.0 Å². The Morgan fingerprint density at radius 1 is 1.36 bits per heavy atom. The first-order valence-electron chi connectivity index (χ1n) is 6.81. The molecule has 0 aliphatic carbocycles. The molecule has 0 saturated heterocycles. The lowest BCUT2D eigenvalue weighted by Crippen LogP contribution is -2.32. The number of carbonyl (C=O) groups is 1. The van der Waals surface area contributed by atoms with Crippen molar-refractivity contribution in [1.29, 1.82) is 0 Å². The molecule has 1 amide bonds. The predicted octanol–water partition coefficient (Wildman–Crippen LogP) is 1.66. The second-order valence-electron chi connectivity index (χ2n) is 4.80. The number of fused-ring (bicyclic) bond motifs is 1. The van der Waals surface area contributed by atoms with E-state index >= 15 is 0 Å². The topological polar surface area (TPSA) is 87.7 Å². The maximum Gasteiger partial charge on any atom is 0.280 e. The van der Waals surface area contributed by atoms with Crippen molar-refractivity contribution < 1.29 is 4.79 Å². The Morgan fingerprint density at radius 2 is 2.18 bits per heavy atom. The molecule has 3 aromatic rings. The van der Waals surface area contributed by atoms with E-state index in [-0.39, 0.29) is 5.69 Å². The number of hydrogen-bond donors (Lipinski definition) is 2. The van der Waals surface area contributed by atoms with Crippen molar-refractivity contribution in [2.45, 2.75) is 13.3 Å². The van der Waals surface area contributed by atoms with Gasteiger partial charge in [-0.15, -0.1) is 11.3 Å². The molecular formula is C15H14N4O2S. The third-order valence-corrected chi connectivity index (χ3v) is 4.29. The van der Waals surface area contributed by atoms with E-state index in [0.29, 0.717) is 24.0 Å². The molecule has 7 heteroatoms. The summed E-state index contributed by atoms with van der Waals surface area (Å²) in [5, 5.41) is 2.73. The number of aryl methyl sites for hydroxylation is 1. The summed E-state index contributed by atoms with van der Waals surface area (Å²) in [6.45, 7) is 2.37. The molecule has 0 fully saturated rings. The zero-order valence-corrected chi connectivity index (χ0v) is 12.7. The number of aromatic amines is 1.